The van der Waals surface area contributed by atoms with Crippen molar-refractivity contribution in [1.82, 2.24) is 14.8 Å². The molecule has 0 unspecified atom stereocenters. The number of aryl methyl sites for hydroxylation is 1. The van der Waals surface area contributed by atoms with Gasteiger partial charge in [-0.25, -0.2) is 0 Å². The van der Waals surface area contributed by atoms with Gasteiger partial charge in [0.05, 0.1) is 0 Å². The fourth-order valence-corrected chi connectivity index (χ4v) is 3.87. The lowest BCUT2D eigenvalue weighted by Gasteiger charge is -2.38. The molecule has 0 spiro atoms. The molecule has 1 N–H and O–H groups in total. The maximum Gasteiger partial charge on any atom is 0.254 e. The highest BCUT2D eigenvalue weighted by molar-refractivity contribution is 5.96. The van der Waals surface area contributed by atoms with Gasteiger partial charge >= 0.3 is 0 Å². The lowest BCUT2D eigenvalue weighted by Crippen LogP contribution is -2.51. The Morgan fingerprint density at radius 1 is 0.871 bits per heavy atom. The van der Waals surface area contributed by atoms with Gasteiger partial charge in [0.2, 0.25) is 5.91 Å². The van der Waals surface area contributed by atoms with Gasteiger partial charge in [0, 0.05) is 49.8 Å². The van der Waals surface area contributed by atoms with E-state index in [9.17, 15) is 9.59 Å². The summed E-state index contributed by atoms with van der Waals surface area (Å²) in [5.74, 6) is -0.0635. The molecular formula is C25H26N4O2. The minimum Gasteiger partial charge on any atom is -0.336 e. The van der Waals surface area contributed by atoms with Crippen molar-refractivity contribution in [2.24, 2.45) is 0 Å². The summed E-state index contributed by atoms with van der Waals surface area (Å²) in [5.41, 5.74) is 3.51. The van der Waals surface area contributed by atoms with Crippen molar-refractivity contribution in [2.75, 3.05) is 31.5 Å². The molecule has 0 saturated carbocycles. The molecule has 158 valence electrons. The van der Waals surface area contributed by atoms with Crippen LogP contribution in [0.4, 0.5) is 5.69 Å². The topological polar surface area (TPSA) is 65.5 Å². The van der Waals surface area contributed by atoms with Gasteiger partial charge in [-0.05, 0) is 36.8 Å². The average Bonchev–Trinajstić information content (AvgIpc) is 2.82. The molecule has 1 fully saturated rings. The summed E-state index contributed by atoms with van der Waals surface area (Å²) in [4.78, 5) is 34.0. The molecule has 6 heteroatoms. The van der Waals surface area contributed by atoms with Crippen LogP contribution in [0.1, 0.15) is 27.5 Å². The van der Waals surface area contributed by atoms with Crippen molar-refractivity contribution < 1.29 is 9.59 Å². The smallest absolute Gasteiger partial charge is 0.254 e. The molecule has 1 aromatic heterocycles. The highest BCUT2D eigenvalue weighted by Gasteiger charge is 2.32. The molecule has 0 bridgehead atoms. The van der Waals surface area contributed by atoms with E-state index >= 15 is 0 Å². The number of hydrogen-bond acceptors (Lipinski definition) is 4. The van der Waals surface area contributed by atoms with E-state index in [0.717, 1.165) is 16.8 Å². The minimum atomic E-state index is -0.416. The summed E-state index contributed by atoms with van der Waals surface area (Å²) in [7, 11) is 0. The highest BCUT2D eigenvalue weighted by atomic mass is 16.2. The molecule has 2 amide bonds. The number of carbonyl (C=O) groups is 2. The second kappa shape index (κ2) is 9.53. The molecule has 1 aliphatic heterocycles. The van der Waals surface area contributed by atoms with E-state index < -0.39 is 6.04 Å². The molecule has 6 nitrogen and oxygen atoms in total. The number of benzene rings is 2. The summed E-state index contributed by atoms with van der Waals surface area (Å²) in [6.07, 6.45) is 3.26. The summed E-state index contributed by atoms with van der Waals surface area (Å²) in [6, 6.07) is 20.7. The van der Waals surface area contributed by atoms with Crippen LogP contribution in [0.3, 0.4) is 0 Å². The Labute approximate surface area is 182 Å². The van der Waals surface area contributed by atoms with Gasteiger partial charge in [0.1, 0.15) is 6.04 Å². The Morgan fingerprint density at radius 3 is 2.16 bits per heavy atom. The number of pyridine rings is 1. The van der Waals surface area contributed by atoms with Crippen LogP contribution in [0.15, 0.2) is 79.1 Å². The van der Waals surface area contributed by atoms with E-state index in [-0.39, 0.29) is 11.8 Å². The summed E-state index contributed by atoms with van der Waals surface area (Å²) in [5, 5.41) is 3.06. The standard InChI is InChI=1S/C25H26N4O2/c1-19-7-9-22(10-8-19)27-24(30)23(20-5-3-2-4-6-20)28-15-17-29(18-16-28)25(31)21-11-13-26-14-12-21/h2-14,23H,15-18H2,1H3,(H,27,30)/t23-/m1/s1. The Morgan fingerprint density at radius 2 is 1.52 bits per heavy atom. The van der Waals surface area contributed by atoms with Crippen LogP contribution < -0.4 is 5.32 Å². The fourth-order valence-electron chi connectivity index (χ4n) is 3.87. The summed E-state index contributed by atoms with van der Waals surface area (Å²) < 4.78 is 0. The molecule has 3 aromatic rings. The molecule has 1 atom stereocenters. The van der Waals surface area contributed by atoms with Crippen LogP contribution in [0.25, 0.3) is 0 Å². The van der Waals surface area contributed by atoms with Gasteiger partial charge < -0.3 is 10.2 Å². The first-order valence-electron chi connectivity index (χ1n) is 10.5. The fraction of sp³-hybridized carbons (Fsp3) is 0.240. The quantitative estimate of drug-likeness (QED) is 0.694. The monoisotopic (exact) mass is 414 g/mol. The third-order valence-corrected chi connectivity index (χ3v) is 5.58. The maximum atomic E-state index is 13.3. The van der Waals surface area contributed by atoms with Gasteiger partial charge in [-0.1, -0.05) is 48.0 Å². The number of piperazine rings is 1. The van der Waals surface area contributed by atoms with Gasteiger partial charge in [-0.3, -0.25) is 19.5 Å². The molecule has 0 radical (unpaired) electrons. The summed E-state index contributed by atoms with van der Waals surface area (Å²) in [6.45, 7) is 4.41. The number of aromatic nitrogens is 1. The molecule has 31 heavy (non-hydrogen) atoms. The number of nitrogens with zero attached hydrogens (tertiary/aromatic N) is 3. The van der Waals surface area contributed by atoms with Crippen molar-refractivity contribution in [3.8, 4) is 0 Å². The number of nitrogens with one attached hydrogen (secondary N) is 1. The maximum absolute atomic E-state index is 13.3. The van der Waals surface area contributed by atoms with Crippen LogP contribution in [-0.4, -0.2) is 52.8 Å². The lowest BCUT2D eigenvalue weighted by atomic mass is 10.0. The van der Waals surface area contributed by atoms with Crippen LogP contribution >= 0.6 is 0 Å². The Kier molecular flexibility index (Phi) is 6.38. The molecular weight excluding hydrogens is 388 g/mol. The highest BCUT2D eigenvalue weighted by Crippen LogP contribution is 2.25. The Balaban J connectivity index is 1.48. The van der Waals surface area contributed by atoms with Crippen molar-refractivity contribution in [2.45, 2.75) is 13.0 Å². The largest absolute Gasteiger partial charge is 0.336 e. The summed E-state index contributed by atoms with van der Waals surface area (Å²) >= 11 is 0. The molecule has 1 aliphatic rings. The van der Waals surface area contributed by atoms with Gasteiger partial charge in [0.15, 0.2) is 0 Å². The van der Waals surface area contributed by atoms with Crippen molar-refractivity contribution in [3.05, 3.63) is 95.8 Å². The van der Waals surface area contributed by atoms with Crippen molar-refractivity contribution >= 4 is 17.5 Å². The van der Waals surface area contributed by atoms with Gasteiger partial charge in [0.25, 0.3) is 5.91 Å². The molecule has 4 rings (SSSR count). The van der Waals surface area contributed by atoms with Crippen molar-refractivity contribution in [3.63, 3.8) is 0 Å². The number of amides is 2. The van der Waals surface area contributed by atoms with E-state index in [1.807, 2.05) is 66.4 Å². The zero-order valence-corrected chi connectivity index (χ0v) is 17.6. The SMILES string of the molecule is Cc1ccc(NC(=O)[C@@H](c2ccccc2)N2CCN(C(=O)c3ccncc3)CC2)cc1. The third-order valence-electron chi connectivity index (χ3n) is 5.58. The molecule has 0 aliphatic carbocycles. The molecule has 2 heterocycles. The predicted molar refractivity (Wildman–Crippen MR) is 121 cm³/mol. The molecule has 2 aromatic carbocycles. The van der Waals surface area contributed by atoms with E-state index in [2.05, 4.69) is 15.2 Å². The number of anilines is 1. The van der Waals surface area contributed by atoms with Crippen LogP contribution in [0.5, 0.6) is 0 Å². The Bertz CT molecular complexity index is 1010. The average molecular weight is 415 g/mol. The zero-order valence-electron chi connectivity index (χ0n) is 17.6. The first kappa shape index (κ1) is 20.8. The second-order valence-corrected chi connectivity index (χ2v) is 7.73. The number of carbonyl (C=O) groups excluding carboxylic acids is 2. The first-order valence-corrected chi connectivity index (χ1v) is 10.5. The van der Waals surface area contributed by atoms with Crippen LogP contribution in [0.2, 0.25) is 0 Å². The van der Waals surface area contributed by atoms with Gasteiger partial charge in [-0.2, -0.15) is 0 Å². The lowest BCUT2D eigenvalue weighted by molar-refractivity contribution is -0.122. The normalized spacial score (nSPS) is 15.3. The third kappa shape index (κ3) is 4.98. The Hall–Kier alpha value is -3.51. The zero-order chi connectivity index (χ0) is 21.6. The van der Waals surface area contributed by atoms with E-state index in [0.29, 0.717) is 31.7 Å². The number of rotatable bonds is 5. The first-order chi connectivity index (χ1) is 15.1. The van der Waals surface area contributed by atoms with Crippen molar-refractivity contribution in [1.29, 1.82) is 0 Å². The number of hydrogen-bond donors (Lipinski definition) is 1. The van der Waals surface area contributed by atoms with E-state index in [1.165, 1.54) is 0 Å². The van der Waals surface area contributed by atoms with E-state index in [1.54, 1.807) is 24.5 Å². The molecule has 1 saturated heterocycles. The predicted octanol–water partition coefficient (Wildman–Crippen LogP) is 3.53. The van der Waals surface area contributed by atoms with E-state index in [4.69, 9.17) is 0 Å². The second-order valence-electron chi connectivity index (χ2n) is 7.73. The van der Waals surface area contributed by atoms with Crippen LogP contribution in [0, 0.1) is 6.92 Å². The minimum absolute atomic E-state index is 0.00224. The van der Waals surface area contributed by atoms with Crippen LogP contribution in [-0.2, 0) is 4.79 Å². The van der Waals surface area contributed by atoms with Gasteiger partial charge in [-0.15, -0.1) is 0 Å².